The number of hydrogen-bond donors (Lipinski definition) is 2. The first kappa shape index (κ1) is 16.8. The lowest BCUT2D eigenvalue weighted by Crippen LogP contribution is -2.24. The molecule has 0 saturated carbocycles. The van der Waals surface area contributed by atoms with Crippen molar-refractivity contribution in [3.05, 3.63) is 45.6 Å². The first-order chi connectivity index (χ1) is 10.6. The molecule has 4 nitrogen and oxygen atoms in total. The maximum atomic E-state index is 10.5. The predicted octanol–water partition coefficient (Wildman–Crippen LogP) is 3.46. The lowest BCUT2D eigenvalue weighted by atomic mass is 10.1. The van der Waals surface area contributed by atoms with E-state index in [4.69, 9.17) is 9.47 Å². The van der Waals surface area contributed by atoms with E-state index in [0.717, 1.165) is 5.56 Å². The summed E-state index contributed by atoms with van der Waals surface area (Å²) < 4.78 is 10.5. The number of aliphatic hydroxyl groups excluding tert-OH is 1. The van der Waals surface area contributed by atoms with E-state index in [1.54, 1.807) is 25.6 Å². The van der Waals surface area contributed by atoms with Crippen LogP contribution in [0.2, 0.25) is 0 Å². The molecule has 0 amide bonds. The average molecular weight is 321 g/mol. The number of benzene rings is 1. The van der Waals surface area contributed by atoms with E-state index in [-0.39, 0.29) is 6.04 Å². The van der Waals surface area contributed by atoms with Crippen molar-refractivity contribution in [2.45, 2.75) is 26.0 Å². The Morgan fingerprint density at radius 2 is 2.00 bits per heavy atom. The van der Waals surface area contributed by atoms with Gasteiger partial charge in [-0.05, 0) is 49.1 Å². The van der Waals surface area contributed by atoms with Crippen molar-refractivity contribution in [3.63, 3.8) is 0 Å². The quantitative estimate of drug-likeness (QED) is 0.820. The molecule has 5 heteroatoms. The summed E-state index contributed by atoms with van der Waals surface area (Å²) in [6.45, 7) is 4.65. The van der Waals surface area contributed by atoms with Crippen LogP contribution in [0.5, 0.6) is 11.5 Å². The highest BCUT2D eigenvalue weighted by molar-refractivity contribution is 7.10. The van der Waals surface area contributed by atoms with Crippen molar-refractivity contribution in [1.82, 2.24) is 5.32 Å². The van der Waals surface area contributed by atoms with Gasteiger partial charge in [0.1, 0.15) is 11.5 Å². The molecule has 1 aromatic carbocycles. The molecule has 0 fully saturated rings. The fraction of sp³-hybridized carbons (Fsp3) is 0.412. The van der Waals surface area contributed by atoms with Gasteiger partial charge in [0, 0.05) is 23.0 Å². The van der Waals surface area contributed by atoms with Crippen LogP contribution in [0, 0.1) is 6.92 Å². The number of aryl methyl sites for hydroxylation is 1. The number of methoxy groups -OCH3 is 2. The number of aliphatic hydroxyl groups is 1. The minimum Gasteiger partial charge on any atom is -0.497 e. The topological polar surface area (TPSA) is 50.7 Å². The van der Waals surface area contributed by atoms with Crippen molar-refractivity contribution in [2.75, 3.05) is 20.8 Å². The molecule has 0 aliphatic carbocycles. The summed E-state index contributed by atoms with van der Waals surface area (Å²) in [5.41, 5.74) is 2.00. The van der Waals surface area contributed by atoms with Crippen LogP contribution in [0.1, 0.15) is 35.1 Å². The Hall–Kier alpha value is -1.56. The van der Waals surface area contributed by atoms with Crippen molar-refractivity contribution < 1.29 is 14.6 Å². The van der Waals surface area contributed by atoms with Gasteiger partial charge in [-0.1, -0.05) is 0 Å². The normalized spacial score (nSPS) is 13.7. The molecule has 0 spiro atoms. The summed E-state index contributed by atoms with van der Waals surface area (Å²) in [4.78, 5) is 1.30. The number of ether oxygens (including phenoxy) is 2. The van der Waals surface area contributed by atoms with E-state index in [0.29, 0.717) is 18.0 Å². The van der Waals surface area contributed by atoms with Gasteiger partial charge in [-0.3, -0.25) is 0 Å². The zero-order valence-electron chi connectivity index (χ0n) is 13.4. The van der Waals surface area contributed by atoms with Crippen LogP contribution >= 0.6 is 11.3 Å². The van der Waals surface area contributed by atoms with Gasteiger partial charge in [-0.25, -0.2) is 0 Å². The third-order valence-corrected chi connectivity index (χ3v) is 4.91. The fourth-order valence-electron chi connectivity index (χ4n) is 2.42. The second-order valence-electron chi connectivity index (χ2n) is 5.22. The molecular weight excluding hydrogens is 298 g/mol. The summed E-state index contributed by atoms with van der Waals surface area (Å²) in [5.74, 6) is 1.37. The number of nitrogens with one attached hydrogen (secondary N) is 1. The molecule has 0 radical (unpaired) electrons. The van der Waals surface area contributed by atoms with Crippen molar-refractivity contribution >= 4 is 11.3 Å². The van der Waals surface area contributed by atoms with Crippen LogP contribution in [-0.4, -0.2) is 25.9 Å². The maximum absolute atomic E-state index is 10.5. The Labute approximate surface area is 135 Å². The summed E-state index contributed by atoms with van der Waals surface area (Å²) in [5, 5.41) is 15.9. The van der Waals surface area contributed by atoms with E-state index in [2.05, 4.69) is 30.6 Å². The van der Waals surface area contributed by atoms with Gasteiger partial charge in [0.15, 0.2) is 0 Å². The van der Waals surface area contributed by atoms with Crippen molar-refractivity contribution in [2.24, 2.45) is 0 Å². The molecule has 2 rings (SSSR count). The van der Waals surface area contributed by atoms with Gasteiger partial charge in [0.05, 0.1) is 20.3 Å². The Bertz CT molecular complexity index is 612. The molecule has 2 unspecified atom stereocenters. The highest BCUT2D eigenvalue weighted by Gasteiger charge is 2.17. The summed E-state index contributed by atoms with van der Waals surface area (Å²) in [7, 11) is 3.21. The highest BCUT2D eigenvalue weighted by atomic mass is 32.1. The summed E-state index contributed by atoms with van der Waals surface area (Å²) >= 11 is 1.73. The van der Waals surface area contributed by atoms with Gasteiger partial charge in [0.2, 0.25) is 0 Å². The molecule has 22 heavy (non-hydrogen) atoms. The Kier molecular flexibility index (Phi) is 5.83. The van der Waals surface area contributed by atoms with E-state index in [1.165, 1.54) is 10.4 Å². The smallest absolute Gasteiger partial charge is 0.124 e. The van der Waals surface area contributed by atoms with Gasteiger partial charge in [-0.15, -0.1) is 11.3 Å². The van der Waals surface area contributed by atoms with Crippen molar-refractivity contribution in [3.8, 4) is 11.5 Å². The van der Waals surface area contributed by atoms with Crippen LogP contribution in [-0.2, 0) is 0 Å². The lowest BCUT2D eigenvalue weighted by molar-refractivity contribution is 0.166. The van der Waals surface area contributed by atoms with E-state index in [9.17, 15) is 5.11 Å². The molecule has 0 aliphatic rings. The molecule has 2 N–H and O–H groups in total. The first-order valence-electron chi connectivity index (χ1n) is 7.24. The minimum absolute atomic E-state index is 0.200. The molecule has 1 heterocycles. The summed E-state index contributed by atoms with van der Waals surface area (Å²) in [6.07, 6.45) is -0.659. The first-order valence-corrected chi connectivity index (χ1v) is 8.12. The Morgan fingerprint density at radius 1 is 1.23 bits per heavy atom. The van der Waals surface area contributed by atoms with E-state index in [1.807, 2.05) is 18.2 Å². The van der Waals surface area contributed by atoms with E-state index >= 15 is 0 Å². The number of thiophene rings is 1. The zero-order chi connectivity index (χ0) is 16.1. The van der Waals surface area contributed by atoms with Crippen LogP contribution in [0.15, 0.2) is 29.6 Å². The predicted molar refractivity (Wildman–Crippen MR) is 90.0 cm³/mol. The van der Waals surface area contributed by atoms with Gasteiger partial charge >= 0.3 is 0 Å². The second kappa shape index (κ2) is 7.63. The van der Waals surface area contributed by atoms with Crippen molar-refractivity contribution in [1.29, 1.82) is 0 Å². The SMILES string of the molecule is COc1ccc(OC)c(C(O)CNC(C)c2sccc2C)c1. The third kappa shape index (κ3) is 3.80. The highest BCUT2D eigenvalue weighted by Crippen LogP contribution is 2.30. The number of hydrogen-bond acceptors (Lipinski definition) is 5. The third-order valence-electron chi connectivity index (χ3n) is 3.71. The average Bonchev–Trinajstić information content (AvgIpc) is 2.97. The molecule has 0 bridgehead atoms. The molecule has 120 valence electrons. The Balaban J connectivity index is 2.06. The molecular formula is C17H23NO3S. The summed E-state index contributed by atoms with van der Waals surface area (Å²) in [6, 6.07) is 7.75. The van der Waals surface area contributed by atoms with E-state index < -0.39 is 6.10 Å². The van der Waals surface area contributed by atoms with Gasteiger partial charge in [0.25, 0.3) is 0 Å². The fourth-order valence-corrected chi connectivity index (χ4v) is 3.38. The van der Waals surface area contributed by atoms with Gasteiger partial charge < -0.3 is 19.9 Å². The largest absolute Gasteiger partial charge is 0.497 e. The molecule has 0 saturated heterocycles. The van der Waals surface area contributed by atoms with Crippen LogP contribution in [0.25, 0.3) is 0 Å². The number of rotatable bonds is 7. The zero-order valence-corrected chi connectivity index (χ0v) is 14.2. The Morgan fingerprint density at radius 3 is 2.59 bits per heavy atom. The molecule has 1 aromatic heterocycles. The van der Waals surface area contributed by atoms with Crippen LogP contribution < -0.4 is 14.8 Å². The second-order valence-corrected chi connectivity index (χ2v) is 6.17. The standard InChI is InChI=1S/C17H23NO3S/c1-11-7-8-22-17(11)12(2)18-10-15(19)14-9-13(20-3)5-6-16(14)21-4/h5-9,12,15,18-19H,10H2,1-4H3. The lowest BCUT2D eigenvalue weighted by Gasteiger charge is -2.19. The van der Waals surface area contributed by atoms with Crippen LogP contribution in [0.4, 0.5) is 0 Å². The molecule has 2 aromatic rings. The minimum atomic E-state index is -0.659. The molecule has 0 aliphatic heterocycles. The van der Waals surface area contributed by atoms with Crippen LogP contribution in [0.3, 0.4) is 0 Å². The molecule has 2 atom stereocenters. The maximum Gasteiger partial charge on any atom is 0.124 e. The van der Waals surface area contributed by atoms with Gasteiger partial charge in [-0.2, -0.15) is 0 Å². The monoisotopic (exact) mass is 321 g/mol.